The number of hydrogen-bond donors (Lipinski definition) is 3. The predicted octanol–water partition coefficient (Wildman–Crippen LogP) is 1.93. The fourth-order valence-corrected chi connectivity index (χ4v) is 3.53. The quantitative estimate of drug-likeness (QED) is 0.461. The number of aliphatic imine (C=N–C) groups is 1. The Kier molecular flexibility index (Phi) is 5.60. The topological polar surface area (TPSA) is 111 Å². The van der Waals surface area contributed by atoms with E-state index in [9.17, 15) is 0 Å². The third kappa shape index (κ3) is 4.19. The number of likely N-dealkylation sites (tertiary alicyclic amines) is 1. The molecule has 0 spiro atoms. The summed E-state index contributed by atoms with van der Waals surface area (Å²) in [7, 11) is 0. The largest absolute Gasteiger partial charge is 0.357 e. The van der Waals surface area contributed by atoms with E-state index in [1.807, 2.05) is 12.1 Å². The molecular formula is C19H25N9. The Hall–Kier alpha value is -3.23. The van der Waals surface area contributed by atoms with E-state index in [1.165, 1.54) is 6.33 Å². The van der Waals surface area contributed by atoms with Gasteiger partial charge in [-0.05, 0) is 31.4 Å². The number of aromatic nitrogens is 6. The lowest BCUT2D eigenvalue weighted by Gasteiger charge is -2.33. The normalized spacial score (nSPS) is 15.8. The summed E-state index contributed by atoms with van der Waals surface area (Å²) in [6.07, 6.45) is 5.19. The lowest BCUT2D eigenvalue weighted by atomic mass is 9.96. The molecule has 9 nitrogen and oxygen atoms in total. The highest BCUT2D eigenvalue weighted by molar-refractivity contribution is 5.80. The first-order valence-corrected chi connectivity index (χ1v) is 9.66. The number of guanidine groups is 1. The fraction of sp³-hybridized carbons (Fsp3) is 0.421. The highest BCUT2D eigenvalue weighted by atomic mass is 15.3. The number of aromatic amines is 2. The molecule has 4 rings (SSSR count). The minimum Gasteiger partial charge on any atom is -0.357 e. The van der Waals surface area contributed by atoms with Crippen LogP contribution in [0.1, 0.15) is 37.1 Å². The van der Waals surface area contributed by atoms with E-state index in [0.717, 1.165) is 61.2 Å². The SMILES string of the molecule is CCNC(=NCc1cccc(-c2ncn[nH]2)c1)N1CCC(c2ncn[nH]2)CC1. The van der Waals surface area contributed by atoms with E-state index >= 15 is 0 Å². The zero-order valence-electron chi connectivity index (χ0n) is 16.0. The van der Waals surface area contributed by atoms with Gasteiger partial charge in [0.25, 0.3) is 0 Å². The van der Waals surface area contributed by atoms with Crippen LogP contribution in [0.5, 0.6) is 0 Å². The van der Waals surface area contributed by atoms with Gasteiger partial charge in [-0.15, -0.1) is 0 Å². The van der Waals surface area contributed by atoms with Crippen molar-refractivity contribution in [2.45, 2.75) is 32.2 Å². The van der Waals surface area contributed by atoms with Crippen molar-refractivity contribution in [3.63, 3.8) is 0 Å². The summed E-state index contributed by atoms with van der Waals surface area (Å²) in [6, 6.07) is 8.23. The Labute approximate surface area is 163 Å². The number of nitrogens with one attached hydrogen (secondary N) is 3. The zero-order valence-corrected chi connectivity index (χ0v) is 16.0. The number of benzene rings is 1. The second kappa shape index (κ2) is 8.64. The molecule has 1 saturated heterocycles. The second-order valence-electron chi connectivity index (χ2n) is 6.84. The Morgan fingerprint density at radius 2 is 2.00 bits per heavy atom. The number of nitrogens with zero attached hydrogens (tertiary/aromatic N) is 6. The van der Waals surface area contributed by atoms with Crippen LogP contribution in [-0.4, -0.2) is 60.9 Å². The van der Waals surface area contributed by atoms with Gasteiger partial charge in [0, 0.05) is 31.1 Å². The van der Waals surface area contributed by atoms with Crippen LogP contribution in [0.25, 0.3) is 11.4 Å². The van der Waals surface area contributed by atoms with Crippen molar-refractivity contribution in [3.8, 4) is 11.4 Å². The van der Waals surface area contributed by atoms with Crippen LogP contribution in [0.2, 0.25) is 0 Å². The molecule has 0 unspecified atom stereocenters. The highest BCUT2D eigenvalue weighted by Gasteiger charge is 2.24. The van der Waals surface area contributed by atoms with Gasteiger partial charge in [0.05, 0.1) is 6.54 Å². The second-order valence-corrected chi connectivity index (χ2v) is 6.84. The Morgan fingerprint density at radius 3 is 2.71 bits per heavy atom. The molecule has 9 heteroatoms. The molecule has 3 N–H and O–H groups in total. The first kappa shape index (κ1) is 18.1. The van der Waals surface area contributed by atoms with E-state index in [0.29, 0.717) is 12.5 Å². The molecule has 1 aromatic carbocycles. The van der Waals surface area contributed by atoms with E-state index in [4.69, 9.17) is 4.99 Å². The van der Waals surface area contributed by atoms with Gasteiger partial charge in [-0.1, -0.05) is 18.2 Å². The van der Waals surface area contributed by atoms with Crippen LogP contribution in [0, 0.1) is 0 Å². The molecule has 1 fully saturated rings. The Bertz CT molecular complexity index is 878. The van der Waals surface area contributed by atoms with E-state index in [2.05, 4.69) is 59.6 Å². The summed E-state index contributed by atoms with van der Waals surface area (Å²) in [6.45, 7) is 5.47. The maximum absolute atomic E-state index is 4.87. The van der Waals surface area contributed by atoms with Crippen LogP contribution in [0.15, 0.2) is 41.9 Å². The monoisotopic (exact) mass is 379 g/mol. The van der Waals surface area contributed by atoms with E-state index < -0.39 is 0 Å². The Morgan fingerprint density at radius 1 is 1.18 bits per heavy atom. The van der Waals surface area contributed by atoms with Gasteiger partial charge in [-0.2, -0.15) is 10.2 Å². The molecule has 0 atom stereocenters. The van der Waals surface area contributed by atoms with Crippen LogP contribution in [0.3, 0.4) is 0 Å². The van der Waals surface area contributed by atoms with Crippen LogP contribution >= 0.6 is 0 Å². The van der Waals surface area contributed by atoms with Gasteiger partial charge in [-0.25, -0.2) is 15.0 Å². The lowest BCUT2D eigenvalue weighted by molar-refractivity contribution is 0.299. The van der Waals surface area contributed by atoms with Crippen molar-refractivity contribution in [1.82, 2.24) is 40.6 Å². The van der Waals surface area contributed by atoms with Crippen molar-refractivity contribution >= 4 is 5.96 Å². The molecule has 0 aliphatic carbocycles. The molecule has 2 aromatic heterocycles. The van der Waals surface area contributed by atoms with Crippen molar-refractivity contribution in [1.29, 1.82) is 0 Å². The standard InChI is InChI=1S/C19H25N9/c1-2-20-19(28-8-6-15(7-9-28)17-22-12-24-26-17)21-11-14-4-3-5-16(10-14)18-23-13-25-27-18/h3-5,10,12-13,15H,2,6-9,11H2,1H3,(H,20,21)(H,22,24,26)(H,23,25,27). The fourth-order valence-electron chi connectivity index (χ4n) is 3.53. The first-order valence-electron chi connectivity index (χ1n) is 9.66. The molecule has 1 aliphatic heterocycles. The average Bonchev–Trinajstić information content (AvgIpc) is 3.46. The van der Waals surface area contributed by atoms with Crippen molar-refractivity contribution in [2.24, 2.45) is 4.99 Å². The summed E-state index contributed by atoms with van der Waals surface area (Å²) in [5.74, 6) is 3.17. The number of hydrogen-bond acceptors (Lipinski definition) is 5. The maximum Gasteiger partial charge on any atom is 0.194 e. The molecular weight excluding hydrogens is 354 g/mol. The van der Waals surface area contributed by atoms with E-state index in [1.54, 1.807) is 6.33 Å². The van der Waals surface area contributed by atoms with Gasteiger partial charge in [-0.3, -0.25) is 10.2 Å². The minimum absolute atomic E-state index is 0.445. The van der Waals surface area contributed by atoms with Crippen molar-refractivity contribution in [2.75, 3.05) is 19.6 Å². The smallest absolute Gasteiger partial charge is 0.194 e. The number of piperidine rings is 1. The van der Waals surface area contributed by atoms with Crippen LogP contribution < -0.4 is 5.32 Å². The minimum atomic E-state index is 0.445. The first-order chi connectivity index (χ1) is 13.8. The summed E-state index contributed by atoms with van der Waals surface area (Å²) in [5, 5.41) is 17.2. The molecule has 0 bridgehead atoms. The Balaban J connectivity index is 1.42. The predicted molar refractivity (Wildman–Crippen MR) is 107 cm³/mol. The summed E-state index contributed by atoms with van der Waals surface area (Å²) >= 11 is 0. The maximum atomic E-state index is 4.87. The number of H-pyrrole nitrogens is 2. The number of rotatable bonds is 5. The van der Waals surface area contributed by atoms with Gasteiger partial charge in [0.1, 0.15) is 18.5 Å². The molecule has 28 heavy (non-hydrogen) atoms. The van der Waals surface area contributed by atoms with Crippen molar-refractivity contribution < 1.29 is 0 Å². The highest BCUT2D eigenvalue weighted by Crippen LogP contribution is 2.25. The molecule has 0 amide bonds. The molecule has 146 valence electrons. The third-order valence-electron chi connectivity index (χ3n) is 4.98. The molecule has 0 saturated carbocycles. The third-order valence-corrected chi connectivity index (χ3v) is 4.98. The van der Waals surface area contributed by atoms with Crippen LogP contribution in [0.4, 0.5) is 0 Å². The van der Waals surface area contributed by atoms with Crippen molar-refractivity contribution in [3.05, 3.63) is 48.3 Å². The van der Waals surface area contributed by atoms with E-state index in [-0.39, 0.29) is 0 Å². The average molecular weight is 379 g/mol. The van der Waals surface area contributed by atoms with Crippen LogP contribution in [-0.2, 0) is 6.54 Å². The molecule has 3 heterocycles. The van der Waals surface area contributed by atoms with Gasteiger partial charge in [0.2, 0.25) is 0 Å². The lowest BCUT2D eigenvalue weighted by Crippen LogP contribution is -2.45. The van der Waals surface area contributed by atoms with Gasteiger partial charge in [0.15, 0.2) is 11.8 Å². The zero-order chi connectivity index (χ0) is 19.2. The molecule has 0 radical (unpaired) electrons. The van der Waals surface area contributed by atoms with Gasteiger partial charge < -0.3 is 10.2 Å². The summed E-state index contributed by atoms with van der Waals surface area (Å²) in [5.41, 5.74) is 2.16. The van der Waals surface area contributed by atoms with Gasteiger partial charge >= 0.3 is 0 Å². The summed E-state index contributed by atoms with van der Waals surface area (Å²) in [4.78, 5) is 15.7. The molecule has 3 aromatic rings. The summed E-state index contributed by atoms with van der Waals surface area (Å²) < 4.78 is 0. The molecule has 1 aliphatic rings.